The summed E-state index contributed by atoms with van der Waals surface area (Å²) in [5, 5.41) is 5.70. The lowest BCUT2D eigenvalue weighted by molar-refractivity contribution is -0.118. The van der Waals surface area contributed by atoms with Gasteiger partial charge >= 0.3 is 0 Å². The van der Waals surface area contributed by atoms with Crippen LogP contribution in [0.15, 0.2) is 48.5 Å². The van der Waals surface area contributed by atoms with Crippen LogP contribution in [0.5, 0.6) is 0 Å². The number of carbonyl (C=O) groups is 2. The Bertz CT molecular complexity index is 749. The highest BCUT2D eigenvalue weighted by molar-refractivity contribution is 8.00. The molecule has 0 bridgehead atoms. The normalized spacial score (nSPS) is 10.4. The zero-order valence-electron chi connectivity index (χ0n) is 15.1. The Labute approximate surface area is 158 Å². The Hall–Kier alpha value is -2.31. The molecule has 138 valence electrons. The number of carbonyl (C=O) groups excluding carboxylic acids is 2. The average molecular weight is 372 g/mol. The second-order valence-corrected chi connectivity index (χ2v) is 6.93. The Morgan fingerprint density at radius 2 is 1.73 bits per heavy atom. The number of thioether (sulfide) groups is 1. The molecular weight excluding hydrogens is 348 g/mol. The largest absolute Gasteiger partial charge is 0.380 e. The van der Waals surface area contributed by atoms with Gasteiger partial charge in [0.25, 0.3) is 0 Å². The molecule has 2 amide bonds. The van der Waals surface area contributed by atoms with Gasteiger partial charge in [-0.1, -0.05) is 36.4 Å². The lowest BCUT2D eigenvalue weighted by atomic mass is 10.1. The summed E-state index contributed by atoms with van der Waals surface area (Å²) in [6.45, 7) is 2.99. The summed E-state index contributed by atoms with van der Waals surface area (Å²) in [4.78, 5) is 23.8. The highest BCUT2D eigenvalue weighted by Gasteiger charge is 2.06. The minimum atomic E-state index is -0.110. The molecule has 0 saturated heterocycles. The van der Waals surface area contributed by atoms with Crippen LogP contribution in [0.2, 0.25) is 0 Å². The molecule has 2 N–H and O–H groups in total. The third-order valence-electron chi connectivity index (χ3n) is 3.56. The van der Waals surface area contributed by atoms with Crippen molar-refractivity contribution in [1.29, 1.82) is 0 Å². The van der Waals surface area contributed by atoms with Crippen LogP contribution in [0.3, 0.4) is 0 Å². The molecule has 6 heteroatoms. The lowest BCUT2D eigenvalue weighted by Gasteiger charge is -2.08. The SMILES string of the molecule is COCc1cccc(CNC(=O)CSCC(=O)Nc2cccc(C)c2)c1. The third-order valence-corrected chi connectivity index (χ3v) is 4.49. The number of anilines is 1. The van der Waals surface area contributed by atoms with E-state index in [0.717, 1.165) is 22.4 Å². The molecule has 0 radical (unpaired) electrons. The van der Waals surface area contributed by atoms with Crippen molar-refractivity contribution in [2.75, 3.05) is 23.9 Å². The van der Waals surface area contributed by atoms with Crippen molar-refractivity contribution < 1.29 is 14.3 Å². The van der Waals surface area contributed by atoms with Gasteiger partial charge in [-0.25, -0.2) is 0 Å². The second-order valence-electron chi connectivity index (χ2n) is 5.94. The van der Waals surface area contributed by atoms with E-state index in [1.165, 1.54) is 11.8 Å². The van der Waals surface area contributed by atoms with E-state index in [2.05, 4.69) is 10.6 Å². The first kappa shape index (κ1) is 20.0. The maximum atomic E-state index is 11.9. The van der Waals surface area contributed by atoms with Crippen LogP contribution in [0.25, 0.3) is 0 Å². The zero-order chi connectivity index (χ0) is 18.8. The molecule has 0 saturated carbocycles. The van der Waals surface area contributed by atoms with Crippen molar-refractivity contribution in [2.45, 2.75) is 20.1 Å². The minimum Gasteiger partial charge on any atom is -0.380 e. The second kappa shape index (κ2) is 10.6. The molecule has 2 aromatic carbocycles. The number of aryl methyl sites for hydroxylation is 1. The van der Waals surface area contributed by atoms with Crippen LogP contribution in [0.4, 0.5) is 5.69 Å². The van der Waals surface area contributed by atoms with Crippen molar-refractivity contribution in [3.63, 3.8) is 0 Å². The van der Waals surface area contributed by atoms with Crippen LogP contribution in [-0.4, -0.2) is 30.4 Å². The number of nitrogens with one attached hydrogen (secondary N) is 2. The van der Waals surface area contributed by atoms with Gasteiger partial charge in [0.2, 0.25) is 11.8 Å². The number of amides is 2. The molecule has 0 aliphatic rings. The summed E-state index contributed by atoms with van der Waals surface area (Å²) in [5.41, 5.74) is 3.96. The highest BCUT2D eigenvalue weighted by Crippen LogP contribution is 2.11. The number of ether oxygens (including phenoxy) is 1. The molecule has 0 spiro atoms. The summed E-state index contributed by atoms with van der Waals surface area (Å²) in [6.07, 6.45) is 0. The van der Waals surface area contributed by atoms with Crippen molar-refractivity contribution in [1.82, 2.24) is 5.32 Å². The van der Waals surface area contributed by atoms with Gasteiger partial charge in [-0.3, -0.25) is 9.59 Å². The molecule has 26 heavy (non-hydrogen) atoms. The number of benzene rings is 2. The van der Waals surface area contributed by atoms with Gasteiger partial charge in [-0.2, -0.15) is 0 Å². The number of hydrogen-bond acceptors (Lipinski definition) is 4. The molecule has 2 rings (SSSR count). The molecule has 0 fully saturated rings. The van der Waals surface area contributed by atoms with E-state index in [1.807, 2.05) is 55.5 Å². The monoisotopic (exact) mass is 372 g/mol. The molecule has 0 heterocycles. The van der Waals surface area contributed by atoms with Gasteiger partial charge < -0.3 is 15.4 Å². The molecule has 0 atom stereocenters. The fraction of sp³-hybridized carbons (Fsp3) is 0.300. The number of rotatable bonds is 9. The molecule has 2 aromatic rings. The van der Waals surface area contributed by atoms with E-state index in [1.54, 1.807) is 7.11 Å². The van der Waals surface area contributed by atoms with Crippen molar-refractivity contribution in [3.05, 3.63) is 65.2 Å². The molecule has 0 aliphatic heterocycles. The van der Waals surface area contributed by atoms with Crippen molar-refractivity contribution in [2.24, 2.45) is 0 Å². The Balaban J connectivity index is 1.67. The van der Waals surface area contributed by atoms with E-state index < -0.39 is 0 Å². The minimum absolute atomic E-state index is 0.0875. The maximum Gasteiger partial charge on any atom is 0.234 e. The predicted octanol–water partition coefficient (Wildman–Crippen LogP) is 3.13. The standard InChI is InChI=1S/C20H24N2O3S/c1-15-5-3-8-18(9-15)22-20(24)14-26-13-19(23)21-11-16-6-4-7-17(10-16)12-25-2/h3-10H,11-14H2,1-2H3,(H,21,23)(H,22,24). The summed E-state index contributed by atoms with van der Waals surface area (Å²) in [6, 6.07) is 15.5. The first-order chi connectivity index (χ1) is 12.6. The van der Waals surface area contributed by atoms with Gasteiger partial charge in [0.1, 0.15) is 0 Å². The molecular formula is C20H24N2O3S. The third kappa shape index (κ3) is 7.29. The maximum absolute atomic E-state index is 11.9. The number of methoxy groups -OCH3 is 1. The van der Waals surface area contributed by atoms with Gasteiger partial charge in [0, 0.05) is 19.3 Å². The molecule has 0 aromatic heterocycles. The quantitative estimate of drug-likeness (QED) is 0.710. The van der Waals surface area contributed by atoms with Gasteiger partial charge in [-0.05, 0) is 35.7 Å². The van der Waals surface area contributed by atoms with Gasteiger partial charge in [0.15, 0.2) is 0 Å². The van der Waals surface area contributed by atoms with Crippen molar-refractivity contribution in [3.8, 4) is 0 Å². The van der Waals surface area contributed by atoms with Gasteiger partial charge in [-0.15, -0.1) is 11.8 Å². The predicted molar refractivity (Wildman–Crippen MR) is 106 cm³/mol. The summed E-state index contributed by atoms with van der Waals surface area (Å²) < 4.78 is 5.10. The topological polar surface area (TPSA) is 67.4 Å². The van der Waals surface area contributed by atoms with E-state index in [4.69, 9.17) is 4.74 Å². The van der Waals surface area contributed by atoms with E-state index in [0.29, 0.717) is 13.2 Å². The fourth-order valence-corrected chi connectivity index (χ4v) is 3.05. The van der Waals surface area contributed by atoms with Crippen LogP contribution in [-0.2, 0) is 27.5 Å². The molecule has 5 nitrogen and oxygen atoms in total. The van der Waals surface area contributed by atoms with E-state index >= 15 is 0 Å². The van der Waals surface area contributed by atoms with E-state index in [-0.39, 0.29) is 23.3 Å². The summed E-state index contributed by atoms with van der Waals surface area (Å²) in [7, 11) is 1.65. The first-order valence-electron chi connectivity index (χ1n) is 8.34. The number of hydrogen-bond donors (Lipinski definition) is 2. The van der Waals surface area contributed by atoms with Gasteiger partial charge in [0.05, 0.1) is 18.1 Å². The Morgan fingerprint density at radius 3 is 2.50 bits per heavy atom. The lowest BCUT2D eigenvalue weighted by Crippen LogP contribution is -2.25. The molecule has 0 aliphatic carbocycles. The first-order valence-corrected chi connectivity index (χ1v) is 9.50. The van der Waals surface area contributed by atoms with Crippen molar-refractivity contribution >= 4 is 29.3 Å². The van der Waals surface area contributed by atoms with Crippen LogP contribution >= 0.6 is 11.8 Å². The fourth-order valence-electron chi connectivity index (χ4n) is 2.40. The zero-order valence-corrected chi connectivity index (χ0v) is 15.9. The smallest absolute Gasteiger partial charge is 0.234 e. The average Bonchev–Trinajstić information content (AvgIpc) is 2.61. The van der Waals surface area contributed by atoms with Crippen LogP contribution < -0.4 is 10.6 Å². The Kier molecular flexibility index (Phi) is 8.18. The summed E-state index contributed by atoms with van der Waals surface area (Å²) in [5.74, 6) is 0.292. The Morgan fingerprint density at radius 1 is 1.00 bits per heavy atom. The highest BCUT2D eigenvalue weighted by atomic mass is 32.2. The summed E-state index contributed by atoms with van der Waals surface area (Å²) >= 11 is 1.30. The van der Waals surface area contributed by atoms with E-state index in [9.17, 15) is 9.59 Å². The molecule has 0 unspecified atom stereocenters. The van der Waals surface area contributed by atoms with Crippen LogP contribution in [0.1, 0.15) is 16.7 Å². The van der Waals surface area contributed by atoms with Crippen LogP contribution in [0, 0.1) is 6.92 Å².